The lowest BCUT2D eigenvalue weighted by Crippen LogP contribution is -2.43. The van der Waals surface area contributed by atoms with Crippen molar-refractivity contribution in [1.29, 1.82) is 0 Å². The molecule has 3 rings (SSSR count). The van der Waals surface area contributed by atoms with Gasteiger partial charge in [0, 0.05) is 11.4 Å². The minimum atomic E-state index is -0.390. The number of hydrogen-bond donors (Lipinski definition) is 1. The van der Waals surface area contributed by atoms with Crippen LogP contribution in [0.3, 0.4) is 0 Å². The molecule has 0 aromatic carbocycles. The monoisotopic (exact) mass is 278 g/mol. The maximum absolute atomic E-state index is 12.7. The van der Waals surface area contributed by atoms with Crippen LogP contribution in [0, 0.1) is 5.92 Å². The second kappa shape index (κ2) is 4.91. The van der Waals surface area contributed by atoms with Gasteiger partial charge >= 0.3 is 0 Å². The van der Waals surface area contributed by atoms with E-state index in [-0.39, 0.29) is 12.1 Å². The zero-order chi connectivity index (χ0) is 13.5. The third kappa shape index (κ3) is 2.21. The van der Waals surface area contributed by atoms with Gasteiger partial charge < -0.3 is 4.90 Å². The van der Waals surface area contributed by atoms with Crippen molar-refractivity contribution in [2.75, 3.05) is 6.54 Å². The zero-order valence-corrected chi connectivity index (χ0v) is 12.5. The molecule has 0 radical (unpaired) electrons. The summed E-state index contributed by atoms with van der Waals surface area (Å²) in [5.74, 6) is 0.993. The highest BCUT2D eigenvalue weighted by molar-refractivity contribution is 7.10. The zero-order valence-electron chi connectivity index (χ0n) is 11.7. The van der Waals surface area contributed by atoms with Crippen LogP contribution in [0.15, 0.2) is 17.5 Å². The molecule has 2 unspecified atom stereocenters. The molecular formula is C15H22N2OS. The van der Waals surface area contributed by atoms with Crippen molar-refractivity contribution in [3.8, 4) is 0 Å². The van der Waals surface area contributed by atoms with Gasteiger partial charge in [0.15, 0.2) is 0 Å². The summed E-state index contributed by atoms with van der Waals surface area (Å²) in [6, 6.07) is 4.19. The molecule has 1 N–H and O–H groups in total. The van der Waals surface area contributed by atoms with Gasteiger partial charge in [-0.25, -0.2) is 0 Å². The highest BCUT2D eigenvalue weighted by atomic mass is 32.1. The first-order valence-electron chi connectivity index (χ1n) is 7.26. The molecule has 2 heterocycles. The maximum Gasteiger partial charge on any atom is 0.244 e. The summed E-state index contributed by atoms with van der Waals surface area (Å²) in [4.78, 5) is 16.0. The standard InChI is InChI=1S/C15H22N2OS/c1-3-15(2)14(18)17(10-11-6-4-7-11)13(16-15)12-8-5-9-19-12/h5,8-9,11,13,16H,3-4,6-7,10H2,1-2H3. The number of hydrogen-bond acceptors (Lipinski definition) is 3. The highest BCUT2D eigenvalue weighted by Crippen LogP contribution is 2.37. The van der Waals surface area contributed by atoms with Crippen LogP contribution < -0.4 is 5.32 Å². The minimum Gasteiger partial charge on any atom is -0.320 e. The fraction of sp³-hybridized carbons (Fsp3) is 0.667. The summed E-state index contributed by atoms with van der Waals surface area (Å²) in [6.45, 7) is 5.05. The fourth-order valence-corrected chi connectivity index (χ4v) is 3.73. The predicted octanol–water partition coefficient (Wildman–Crippen LogP) is 3.15. The quantitative estimate of drug-likeness (QED) is 0.917. The number of nitrogens with zero attached hydrogens (tertiary/aromatic N) is 1. The van der Waals surface area contributed by atoms with Crippen molar-refractivity contribution in [3.05, 3.63) is 22.4 Å². The molecule has 1 aliphatic carbocycles. The van der Waals surface area contributed by atoms with E-state index in [1.54, 1.807) is 11.3 Å². The van der Waals surface area contributed by atoms with Crippen LogP contribution in [0.25, 0.3) is 0 Å². The smallest absolute Gasteiger partial charge is 0.244 e. The van der Waals surface area contributed by atoms with Gasteiger partial charge in [0.05, 0.1) is 5.54 Å². The van der Waals surface area contributed by atoms with Crippen LogP contribution in [-0.2, 0) is 4.79 Å². The van der Waals surface area contributed by atoms with Crippen LogP contribution in [0.1, 0.15) is 50.6 Å². The van der Waals surface area contributed by atoms with Gasteiger partial charge in [0.2, 0.25) is 5.91 Å². The van der Waals surface area contributed by atoms with Crippen molar-refractivity contribution < 1.29 is 4.79 Å². The van der Waals surface area contributed by atoms with Gasteiger partial charge in [-0.15, -0.1) is 11.3 Å². The molecule has 19 heavy (non-hydrogen) atoms. The van der Waals surface area contributed by atoms with Crippen molar-refractivity contribution in [2.24, 2.45) is 5.92 Å². The molecule has 1 aromatic heterocycles. The predicted molar refractivity (Wildman–Crippen MR) is 77.9 cm³/mol. The summed E-state index contributed by atoms with van der Waals surface area (Å²) in [5.41, 5.74) is -0.390. The number of rotatable bonds is 4. The molecule has 2 atom stereocenters. The molecule has 1 aromatic rings. The summed E-state index contributed by atoms with van der Waals surface area (Å²) >= 11 is 1.73. The normalized spacial score (nSPS) is 31.8. The Hall–Kier alpha value is -0.870. The van der Waals surface area contributed by atoms with Crippen molar-refractivity contribution in [1.82, 2.24) is 10.2 Å². The molecule has 1 aliphatic heterocycles. The van der Waals surface area contributed by atoms with E-state index in [1.165, 1.54) is 24.1 Å². The Balaban J connectivity index is 1.85. The molecule has 4 heteroatoms. The Morgan fingerprint density at radius 1 is 1.53 bits per heavy atom. The Bertz CT molecular complexity index is 455. The lowest BCUT2D eigenvalue weighted by Gasteiger charge is -2.32. The minimum absolute atomic E-state index is 0.0815. The highest BCUT2D eigenvalue weighted by Gasteiger charge is 2.48. The third-order valence-corrected chi connectivity index (χ3v) is 5.62. The van der Waals surface area contributed by atoms with E-state index in [0.29, 0.717) is 5.92 Å². The van der Waals surface area contributed by atoms with E-state index in [2.05, 4.69) is 34.7 Å². The number of carbonyl (C=O) groups excluding carboxylic acids is 1. The fourth-order valence-electron chi connectivity index (χ4n) is 2.94. The number of amides is 1. The molecule has 1 amide bonds. The molecular weight excluding hydrogens is 256 g/mol. The number of nitrogens with one attached hydrogen (secondary N) is 1. The molecule has 2 aliphatic rings. The first-order chi connectivity index (χ1) is 9.14. The Labute approximate surface area is 119 Å². The van der Waals surface area contributed by atoms with E-state index >= 15 is 0 Å². The second-order valence-electron chi connectivity index (χ2n) is 6.00. The van der Waals surface area contributed by atoms with Crippen molar-refractivity contribution in [2.45, 2.75) is 51.2 Å². The van der Waals surface area contributed by atoms with Gasteiger partial charge in [0.1, 0.15) is 6.17 Å². The van der Waals surface area contributed by atoms with Crippen molar-refractivity contribution in [3.63, 3.8) is 0 Å². The van der Waals surface area contributed by atoms with E-state index in [4.69, 9.17) is 0 Å². The largest absolute Gasteiger partial charge is 0.320 e. The van der Waals surface area contributed by atoms with Crippen LogP contribution in [0.5, 0.6) is 0 Å². The van der Waals surface area contributed by atoms with E-state index < -0.39 is 5.54 Å². The molecule has 104 valence electrons. The van der Waals surface area contributed by atoms with Crippen molar-refractivity contribution >= 4 is 17.2 Å². The SMILES string of the molecule is CCC1(C)NC(c2cccs2)N(CC2CCC2)C1=O. The maximum atomic E-state index is 12.7. The molecule has 0 bridgehead atoms. The van der Waals surface area contributed by atoms with Gasteiger partial charge in [-0.2, -0.15) is 0 Å². The van der Waals surface area contributed by atoms with Crippen LogP contribution in [0.2, 0.25) is 0 Å². The summed E-state index contributed by atoms with van der Waals surface area (Å²) in [6.07, 6.45) is 4.81. The Kier molecular flexibility index (Phi) is 3.39. The molecule has 0 spiro atoms. The van der Waals surface area contributed by atoms with Crippen LogP contribution in [0.4, 0.5) is 0 Å². The first-order valence-corrected chi connectivity index (χ1v) is 8.14. The van der Waals surface area contributed by atoms with E-state index in [1.807, 2.05) is 6.92 Å². The number of thiophene rings is 1. The van der Waals surface area contributed by atoms with Gasteiger partial charge in [-0.05, 0) is 43.6 Å². The third-order valence-electron chi connectivity index (χ3n) is 4.70. The molecule has 3 nitrogen and oxygen atoms in total. The first kappa shape index (κ1) is 13.1. The van der Waals surface area contributed by atoms with E-state index in [9.17, 15) is 4.79 Å². The van der Waals surface area contributed by atoms with Gasteiger partial charge in [0.25, 0.3) is 0 Å². The second-order valence-corrected chi connectivity index (χ2v) is 6.98. The average Bonchev–Trinajstić information content (AvgIpc) is 2.95. The summed E-state index contributed by atoms with van der Waals surface area (Å²) in [7, 11) is 0. The van der Waals surface area contributed by atoms with Crippen LogP contribution in [-0.4, -0.2) is 22.9 Å². The Morgan fingerprint density at radius 3 is 2.84 bits per heavy atom. The molecule has 2 fully saturated rings. The lowest BCUT2D eigenvalue weighted by atomic mass is 9.85. The topological polar surface area (TPSA) is 32.3 Å². The average molecular weight is 278 g/mol. The Morgan fingerprint density at radius 2 is 2.32 bits per heavy atom. The van der Waals surface area contributed by atoms with Crippen LogP contribution >= 0.6 is 11.3 Å². The van der Waals surface area contributed by atoms with E-state index in [0.717, 1.165) is 13.0 Å². The summed E-state index contributed by atoms with van der Waals surface area (Å²) in [5, 5.41) is 5.65. The van der Waals surface area contributed by atoms with Gasteiger partial charge in [-0.3, -0.25) is 10.1 Å². The molecule has 1 saturated carbocycles. The summed E-state index contributed by atoms with van der Waals surface area (Å²) < 4.78 is 0. The number of carbonyl (C=O) groups is 1. The lowest BCUT2D eigenvalue weighted by molar-refractivity contribution is -0.134. The molecule has 1 saturated heterocycles. The van der Waals surface area contributed by atoms with Gasteiger partial charge in [-0.1, -0.05) is 19.4 Å².